The van der Waals surface area contributed by atoms with Crippen LogP contribution in [0.5, 0.6) is 0 Å². The third kappa shape index (κ3) is 13.8. The molecular formula is C14H29NaO4S. The summed E-state index contributed by atoms with van der Waals surface area (Å²) in [6, 6.07) is 0. The van der Waals surface area contributed by atoms with Crippen molar-refractivity contribution < 1.29 is 47.3 Å². The van der Waals surface area contributed by atoms with Crippen LogP contribution in [0.3, 0.4) is 0 Å². The van der Waals surface area contributed by atoms with Crippen molar-refractivity contribution in [2.24, 2.45) is 0 Å². The molecule has 4 nitrogen and oxygen atoms in total. The number of hydrogen-bond donors (Lipinski definition) is 0. The Morgan fingerprint density at radius 1 is 0.900 bits per heavy atom. The van der Waals surface area contributed by atoms with Crippen molar-refractivity contribution in [2.75, 3.05) is 7.11 Å². The predicted molar refractivity (Wildman–Crippen MR) is 77.0 cm³/mol. The Balaban J connectivity index is 0. The zero-order valence-electron chi connectivity index (χ0n) is 13.4. The van der Waals surface area contributed by atoms with Gasteiger partial charge in [0.1, 0.15) is 15.6 Å². The van der Waals surface area contributed by atoms with Gasteiger partial charge in [-0.3, -0.25) is 0 Å². The van der Waals surface area contributed by atoms with Crippen LogP contribution in [-0.2, 0) is 14.9 Å². The zero-order valence-corrected chi connectivity index (χ0v) is 16.2. The van der Waals surface area contributed by atoms with Gasteiger partial charge in [-0.25, -0.2) is 8.42 Å². The third-order valence-corrected chi connectivity index (χ3v) is 4.45. The van der Waals surface area contributed by atoms with Gasteiger partial charge in [-0.2, -0.15) is 0 Å². The van der Waals surface area contributed by atoms with Gasteiger partial charge in [0.15, 0.2) is 0 Å². The molecule has 0 aromatic rings. The molecule has 0 aromatic carbocycles. The maximum Gasteiger partial charge on any atom is 1.00 e. The van der Waals surface area contributed by atoms with Crippen molar-refractivity contribution in [3.63, 3.8) is 0 Å². The van der Waals surface area contributed by atoms with E-state index in [4.69, 9.17) is 4.74 Å². The topological polar surface area (TPSA) is 66.4 Å². The maximum atomic E-state index is 10.8. The van der Waals surface area contributed by atoms with E-state index in [9.17, 15) is 13.0 Å². The fraction of sp³-hybridized carbons (Fsp3) is 1.00. The van der Waals surface area contributed by atoms with E-state index >= 15 is 0 Å². The fourth-order valence-electron chi connectivity index (χ4n) is 2.18. The molecule has 0 spiro atoms. The van der Waals surface area contributed by atoms with Crippen LogP contribution in [0.15, 0.2) is 0 Å². The number of methoxy groups -OCH3 is 1. The van der Waals surface area contributed by atoms with Crippen molar-refractivity contribution in [1.82, 2.24) is 0 Å². The zero-order chi connectivity index (χ0) is 14.6. The summed E-state index contributed by atoms with van der Waals surface area (Å²) in [4.78, 5) is 0. The molecule has 0 aromatic heterocycles. The molecule has 0 saturated heterocycles. The van der Waals surface area contributed by atoms with Crippen LogP contribution in [-0.4, -0.2) is 25.5 Å². The second-order valence-electron chi connectivity index (χ2n) is 5.13. The molecule has 0 heterocycles. The van der Waals surface area contributed by atoms with Gasteiger partial charge >= 0.3 is 29.6 Å². The molecule has 0 radical (unpaired) electrons. The van der Waals surface area contributed by atoms with Gasteiger partial charge in [0.2, 0.25) is 0 Å². The Labute approximate surface area is 147 Å². The summed E-state index contributed by atoms with van der Waals surface area (Å²) in [6.07, 6.45) is 12.2. The molecule has 20 heavy (non-hydrogen) atoms. The van der Waals surface area contributed by atoms with Gasteiger partial charge in [-0.1, -0.05) is 64.7 Å². The maximum absolute atomic E-state index is 10.8. The summed E-state index contributed by atoms with van der Waals surface area (Å²) in [5, 5.41) is 0. The number of rotatable bonds is 13. The standard InChI is InChI=1S/C14H30O4S.Na/c1-3-4-5-6-7-8-9-10-11-12-13-14(18-2)19(15,16)17;/h14H,3-13H2,1-2H3,(H,15,16,17);/q;+1/p-1. The second kappa shape index (κ2) is 14.8. The van der Waals surface area contributed by atoms with E-state index in [-0.39, 0.29) is 29.6 Å². The molecule has 0 aliphatic carbocycles. The van der Waals surface area contributed by atoms with E-state index in [1.807, 2.05) is 0 Å². The van der Waals surface area contributed by atoms with Crippen LogP contribution in [0.2, 0.25) is 0 Å². The number of unbranched alkanes of at least 4 members (excludes halogenated alkanes) is 9. The van der Waals surface area contributed by atoms with E-state index < -0.39 is 15.6 Å². The van der Waals surface area contributed by atoms with Gasteiger partial charge in [0.25, 0.3) is 0 Å². The molecule has 6 heteroatoms. The monoisotopic (exact) mass is 316 g/mol. The normalized spacial score (nSPS) is 12.9. The molecule has 0 aliphatic heterocycles. The molecule has 0 fully saturated rings. The summed E-state index contributed by atoms with van der Waals surface area (Å²) >= 11 is 0. The number of ether oxygens (including phenoxy) is 1. The van der Waals surface area contributed by atoms with E-state index in [0.717, 1.165) is 19.3 Å². The van der Waals surface area contributed by atoms with Crippen LogP contribution in [0.25, 0.3) is 0 Å². The summed E-state index contributed by atoms with van der Waals surface area (Å²) in [5.74, 6) is 0. The molecule has 0 bridgehead atoms. The number of hydrogen-bond acceptors (Lipinski definition) is 4. The van der Waals surface area contributed by atoms with E-state index in [1.54, 1.807) is 0 Å². The van der Waals surface area contributed by atoms with Crippen LogP contribution < -0.4 is 29.6 Å². The average molecular weight is 316 g/mol. The quantitative estimate of drug-likeness (QED) is 0.287. The van der Waals surface area contributed by atoms with Crippen molar-refractivity contribution in [3.8, 4) is 0 Å². The second-order valence-corrected chi connectivity index (χ2v) is 6.64. The van der Waals surface area contributed by atoms with Crippen LogP contribution in [0.4, 0.5) is 0 Å². The first-order valence-corrected chi connectivity index (χ1v) is 8.97. The molecule has 0 amide bonds. The Morgan fingerprint density at radius 2 is 1.30 bits per heavy atom. The van der Waals surface area contributed by atoms with Gasteiger partial charge < -0.3 is 9.29 Å². The van der Waals surface area contributed by atoms with Crippen LogP contribution in [0.1, 0.15) is 77.6 Å². The van der Waals surface area contributed by atoms with Crippen molar-refractivity contribution in [3.05, 3.63) is 0 Å². The minimum Gasteiger partial charge on any atom is -0.746 e. The van der Waals surface area contributed by atoms with E-state index in [2.05, 4.69) is 6.92 Å². The Bertz CT molecular complexity index is 294. The first-order chi connectivity index (χ1) is 9.02. The SMILES string of the molecule is CCCCCCCCCCCCC(OC)S(=O)(=O)[O-].[Na+]. The molecular weight excluding hydrogens is 287 g/mol. The van der Waals surface area contributed by atoms with Crippen LogP contribution >= 0.6 is 0 Å². The molecule has 0 saturated carbocycles. The fourth-order valence-corrected chi connectivity index (χ4v) is 2.87. The molecule has 0 aliphatic rings. The minimum atomic E-state index is -4.30. The first kappa shape index (κ1) is 23.1. The van der Waals surface area contributed by atoms with Crippen LogP contribution in [0, 0.1) is 0 Å². The predicted octanol–water partition coefficient (Wildman–Crippen LogP) is 0.819. The van der Waals surface area contributed by atoms with Crippen molar-refractivity contribution in [2.45, 2.75) is 83.0 Å². The van der Waals surface area contributed by atoms with Gasteiger partial charge in [0.05, 0.1) is 0 Å². The summed E-state index contributed by atoms with van der Waals surface area (Å²) in [5.41, 5.74) is -1.17. The Kier molecular flexibility index (Phi) is 17.1. The Morgan fingerprint density at radius 3 is 1.65 bits per heavy atom. The summed E-state index contributed by atoms with van der Waals surface area (Å²) in [7, 11) is -3.02. The first-order valence-electron chi connectivity index (χ1n) is 7.50. The largest absolute Gasteiger partial charge is 1.00 e. The average Bonchev–Trinajstić information content (AvgIpc) is 2.34. The smallest absolute Gasteiger partial charge is 0.746 e. The summed E-state index contributed by atoms with van der Waals surface area (Å²) < 4.78 is 37.0. The summed E-state index contributed by atoms with van der Waals surface area (Å²) in [6.45, 7) is 2.22. The minimum absolute atomic E-state index is 0. The van der Waals surface area contributed by atoms with Gasteiger partial charge in [-0.05, 0) is 12.8 Å². The molecule has 0 rings (SSSR count). The molecule has 1 unspecified atom stereocenters. The van der Waals surface area contributed by atoms with Crippen molar-refractivity contribution in [1.29, 1.82) is 0 Å². The molecule has 0 N–H and O–H groups in total. The Hall–Kier alpha value is 0.870. The van der Waals surface area contributed by atoms with Gasteiger partial charge in [0, 0.05) is 7.11 Å². The van der Waals surface area contributed by atoms with Crippen molar-refractivity contribution >= 4 is 10.1 Å². The third-order valence-electron chi connectivity index (χ3n) is 3.38. The van der Waals surface area contributed by atoms with E-state index in [0.29, 0.717) is 6.42 Å². The molecule has 1 atom stereocenters. The van der Waals surface area contributed by atoms with E-state index in [1.165, 1.54) is 52.1 Å². The molecule has 116 valence electrons. The van der Waals surface area contributed by atoms with Gasteiger partial charge in [-0.15, -0.1) is 0 Å².